The summed E-state index contributed by atoms with van der Waals surface area (Å²) >= 11 is 0. The van der Waals surface area contributed by atoms with E-state index in [2.05, 4.69) is 10.2 Å². The molecule has 2 rings (SSSR count). The van der Waals surface area contributed by atoms with Crippen molar-refractivity contribution in [2.24, 2.45) is 5.92 Å². The van der Waals surface area contributed by atoms with E-state index in [-0.39, 0.29) is 17.7 Å². The molecule has 2 saturated heterocycles. The first-order chi connectivity index (χ1) is 10.0. The normalized spacial score (nSPS) is 26.2. The van der Waals surface area contributed by atoms with Crippen molar-refractivity contribution in [3.05, 3.63) is 0 Å². The molecule has 2 unspecified atom stereocenters. The Kier molecular flexibility index (Phi) is 5.58. The van der Waals surface area contributed by atoms with Gasteiger partial charge in [0.15, 0.2) is 0 Å². The zero-order valence-electron chi connectivity index (χ0n) is 13.5. The fourth-order valence-corrected chi connectivity index (χ4v) is 3.28. The molecule has 0 aromatic rings. The Bertz CT molecular complexity index is 386. The van der Waals surface area contributed by atoms with Gasteiger partial charge in [-0.1, -0.05) is 0 Å². The molecule has 0 bridgehead atoms. The second kappa shape index (κ2) is 7.22. The van der Waals surface area contributed by atoms with Crippen molar-refractivity contribution in [1.82, 2.24) is 20.0 Å². The van der Waals surface area contributed by atoms with Gasteiger partial charge in [-0.25, -0.2) is 0 Å². The van der Waals surface area contributed by atoms with Crippen molar-refractivity contribution >= 4 is 11.8 Å². The van der Waals surface area contributed by atoms with Crippen LogP contribution >= 0.6 is 0 Å². The summed E-state index contributed by atoms with van der Waals surface area (Å²) < 4.78 is 0. The predicted octanol–water partition coefficient (Wildman–Crippen LogP) is -0.393. The number of amides is 2. The minimum absolute atomic E-state index is 0.125. The van der Waals surface area contributed by atoms with Crippen molar-refractivity contribution in [3.63, 3.8) is 0 Å². The highest BCUT2D eigenvalue weighted by atomic mass is 16.2. The first kappa shape index (κ1) is 16.2. The third kappa shape index (κ3) is 3.95. The Morgan fingerprint density at radius 2 is 2.19 bits per heavy atom. The van der Waals surface area contributed by atoms with Crippen LogP contribution in [0.2, 0.25) is 0 Å². The summed E-state index contributed by atoms with van der Waals surface area (Å²) in [5, 5.41) is 3.16. The molecular weight excluding hydrogens is 268 g/mol. The van der Waals surface area contributed by atoms with Crippen molar-refractivity contribution in [1.29, 1.82) is 0 Å². The molecule has 6 nitrogen and oxygen atoms in total. The van der Waals surface area contributed by atoms with Crippen LogP contribution in [0.25, 0.3) is 0 Å². The maximum absolute atomic E-state index is 12.7. The van der Waals surface area contributed by atoms with E-state index < -0.39 is 0 Å². The monoisotopic (exact) mass is 296 g/mol. The number of carbonyl (C=O) groups is 2. The van der Waals surface area contributed by atoms with Gasteiger partial charge in [-0.15, -0.1) is 0 Å². The molecule has 21 heavy (non-hydrogen) atoms. The summed E-state index contributed by atoms with van der Waals surface area (Å²) in [5.74, 6) is 0.158. The van der Waals surface area contributed by atoms with Crippen molar-refractivity contribution in [2.75, 3.05) is 53.9 Å². The van der Waals surface area contributed by atoms with Crippen LogP contribution in [-0.4, -0.2) is 86.4 Å². The van der Waals surface area contributed by atoms with Gasteiger partial charge in [-0.2, -0.15) is 0 Å². The lowest BCUT2D eigenvalue weighted by molar-refractivity contribution is -0.136. The number of nitrogens with zero attached hydrogens (tertiary/aromatic N) is 3. The summed E-state index contributed by atoms with van der Waals surface area (Å²) in [6.07, 6.45) is 2.52. The number of hydrogen-bond donors (Lipinski definition) is 1. The third-order valence-corrected chi connectivity index (χ3v) is 4.48. The Morgan fingerprint density at radius 3 is 2.86 bits per heavy atom. The summed E-state index contributed by atoms with van der Waals surface area (Å²) in [6, 6.07) is 0.299. The highest BCUT2D eigenvalue weighted by Crippen LogP contribution is 2.25. The molecule has 2 amide bonds. The third-order valence-electron chi connectivity index (χ3n) is 4.48. The molecule has 0 aromatic carbocycles. The minimum atomic E-state index is -0.142. The maximum Gasteiger partial charge on any atom is 0.228 e. The summed E-state index contributed by atoms with van der Waals surface area (Å²) in [5.41, 5.74) is 0. The first-order valence-corrected chi connectivity index (χ1v) is 7.90. The molecule has 2 heterocycles. The largest absolute Gasteiger partial charge is 0.341 e. The number of nitrogens with one attached hydrogen (secondary N) is 1. The molecule has 120 valence electrons. The number of rotatable bonds is 6. The molecular formula is C15H28N4O2. The van der Waals surface area contributed by atoms with Crippen LogP contribution in [-0.2, 0) is 9.59 Å². The Hall–Kier alpha value is -1.14. The summed E-state index contributed by atoms with van der Waals surface area (Å²) in [6.45, 7) is 3.84. The zero-order valence-corrected chi connectivity index (χ0v) is 13.5. The average molecular weight is 296 g/mol. The van der Waals surface area contributed by atoms with Crippen LogP contribution in [0.5, 0.6) is 0 Å². The Morgan fingerprint density at radius 1 is 1.43 bits per heavy atom. The zero-order chi connectivity index (χ0) is 15.4. The lowest BCUT2D eigenvalue weighted by Gasteiger charge is -2.27. The molecule has 2 aliphatic rings. The summed E-state index contributed by atoms with van der Waals surface area (Å²) in [4.78, 5) is 30.6. The van der Waals surface area contributed by atoms with Gasteiger partial charge in [0.2, 0.25) is 11.8 Å². The maximum atomic E-state index is 12.7. The van der Waals surface area contributed by atoms with Crippen LogP contribution in [0.1, 0.15) is 19.3 Å². The number of hydrogen-bond acceptors (Lipinski definition) is 4. The van der Waals surface area contributed by atoms with Gasteiger partial charge in [0.1, 0.15) is 0 Å². The number of carbonyl (C=O) groups excluding carboxylic acids is 2. The molecule has 2 atom stereocenters. The lowest BCUT2D eigenvalue weighted by Crippen LogP contribution is -2.44. The van der Waals surface area contributed by atoms with Crippen LogP contribution in [0.15, 0.2) is 0 Å². The van der Waals surface area contributed by atoms with Crippen molar-refractivity contribution < 1.29 is 9.59 Å². The van der Waals surface area contributed by atoms with E-state index in [4.69, 9.17) is 0 Å². The molecule has 6 heteroatoms. The van der Waals surface area contributed by atoms with E-state index in [0.717, 1.165) is 39.0 Å². The van der Waals surface area contributed by atoms with Gasteiger partial charge in [-0.05, 0) is 34.0 Å². The van der Waals surface area contributed by atoms with Gasteiger partial charge < -0.3 is 20.0 Å². The smallest absolute Gasteiger partial charge is 0.228 e. The van der Waals surface area contributed by atoms with Crippen LogP contribution in [0, 0.1) is 5.92 Å². The SMILES string of the molecule is CNCC1CCCN1C(=O)C1CC(=O)N(CCN(C)C)C1. The Balaban J connectivity index is 1.90. The molecule has 0 aliphatic carbocycles. The quantitative estimate of drug-likeness (QED) is 0.725. The second-order valence-corrected chi connectivity index (χ2v) is 6.43. The topological polar surface area (TPSA) is 55.9 Å². The van der Waals surface area contributed by atoms with E-state index in [9.17, 15) is 9.59 Å². The van der Waals surface area contributed by atoms with Crippen LogP contribution in [0.4, 0.5) is 0 Å². The van der Waals surface area contributed by atoms with Crippen molar-refractivity contribution in [3.8, 4) is 0 Å². The van der Waals surface area contributed by atoms with Crippen molar-refractivity contribution in [2.45, 2.75) is 25.3 Å². The minimum Gasteiger partial charge on any atom is -0.341 e. The van der Waals surface area contributed by atoms with Gasteiger partial charge in [-0.3, -0.25) is 9.59 Å². The molecule has 0 spiro atoms. The highest BCUT2D eigenvalue weighted by Gasteiger charge is 2.39. The van der Waals surface area contributed by atoms with Crippen LogP contribution < -0.4 is 5.32 Å². The fraction of sp³-hybridized carbons (Fsp3) is 0.867. The molecule has 2 fully saturated rings. The summed E-state index contributed by atoms with van der Waals surface area (Å²) in [7, 11) is 5.91. The standard InChI is InChI=1S/C15H28N4O2/c1-16-10-13-5-4-6-19(13)15(21)12-9-14(20)18(11-12)8-7-17(2)3/h12-13,16H,4-11H2,1-3H3. The first-order valence-electron chi connectivity index (χ1n) is 7.90. The molecule has 0 radical (unpaired) electrons. The van der Waals surface area contributed by atoms with Gasteiger partial charge in [0.05, 0.1) is 5.92 Å². The van der Waals surface area contributed by atoms with Gasteiger partial charge >= 0.3 is 0 Å². The predicted molar refractivity (Wildman–Crippen MR) is 81.9 cm³/mol. The lowest BCUT2D eigenvalue weighted by atomic mass is 10.1. The van der Waals surface area contributed by atoms with E-state index in [1.54, 1.807) is 0 Å². The van der Waals surface area contributed by atoms with E-state index >= 15 is 0 Å². The molecule has 0 aromatic heterocycles. The molecule has 2 aliphatic heterocycles. The van der Waals surface area contributed by atoms with Crippen LogP contribution in [0.3, 0.4) is 0 Å². The van der Waals surface area contributed by atoms with E-state index in [1.807, 2.05) is 30.9 Å². The Labute approximate surface area is 127 Å². The van der Waals surface area contributed by atoms with E-state index in [1.165, 1.54) is 0 Å². The fourth-order valence-electron chi connectivity index (χ4n) is 3.28. The second-order valence-electron chi connectivity index (χ2n) is 6.43. The van der Waals surface area contributed by atoms with Gasteiger partial charge in [0, 0.05) is 45.2 Å². The average Bonchev–Trinajstić information content (AvgIpc) is 3.03. The molecule has 1 N–H and O–H groups in total. The van der Waals surface area contributed by atoms with E-state index in [0.29, 0.717) is 19.0 Å². The molecule has 0 saturated carbocycles. The van der Waals surface area contributed by atoms with Gasteiger partial charge in [0.25, 0.3) is 0 Å². The number of likely N-dealkylation sites (N-methyl/N-ethyl adjacent to an activating group) is 2. The highest BCUT2D eigenvalue weighted by molar-refractivity contribution is 5.89. The number of likely N-dealkylation sites (tertiary alicyclic amines) is 2.